The number of aliphatic hydroxyl groups is 1. The Morgan fingerprint density at radius 2 is 1.88 bits per heavy atom. The molecule has 6 heteroatoms. The van der Waals surface area contributed by atoms with Crippen LogP contribution in [0.2, 0.25) is 0 Å². The Kier molecular flexibility index (Phi) is 7.87. The van der Waals surface area contributed by atoms with Crippen LogP contribution in [0.4, 0.5) is 10.5 Å². The highest BCUT2D eigenvalue weighted by atomic mass is 16.7. The fourth-order valence-electron chi connectivity index (χ4n) is 3.43. The summed E-state index contributed by atoms with van der Waals surface area (Å²) in [5.74, 6) is 0. The molecule has 1 aromatic carbocycles. The number of anilines is 1. The smallest absolute Gasteiger partial charge is 0.346 e. The van der Waals surface area contributed by atoms with E-state index in [4.69, 9.17) is 4.84 Å². The van der Waals surface area contributed by atoms with E-state index in [0.717, 1.165) is 31.4 Å². The quantitative estimate of drug-likeness (QED) is 0.650. The highest BCUT2D eigenvalue weighted by molar-refractivity contribution is 5.91. The molecule has 0 radical (unpaired) electrons. The third-order valence-electron chi connectivity index (χ3n) is 4.49. The zero-order chi connectivity index (χ0) is 19.0. The highest BCUT2D eigenvalue weighted by Crippen LogP contribution is 2.27. The van der Waals surface area contributed by atoms with E-state index in [1.807, 2.05) is 56.0 Å². The second kappa shape index (κ2) is 9.90. The van der Waals surface area contributed by atoms with E-state index in [-0.39, 0.29) is 36.9 Å². The molecule has 26 heavy (non-hydrogen) atoms. The Hall–Kier alpha value is -1.63. The lowest BCUT2D eigenvalue weighted by Gasteiger charge is -2.34. The number of benzene rings is 1. The second-order valence-electron chi connectivity index (χ2n) is 7.99. The number of hydroxylamine groups is 1. The van der Waals surface area contributed by atoms with E-state index >= 15 is 0 Å². The van der Waals surface area contributed by atoms with Crippen molar-refractivity contribution in [2.45, 2.75) is 70.5 Å². The average molecular weight is 364 g/mol. The SMILES string of the molecule is CC(C)(C)NC(CO)CONC(=O)N(c1ccccc1)C1CCCCC1. The summed E-state index contributed by atoms with van der Waals surface area (Å²) in [7, 11) is 0. The van der Waals surface area contributed by atoms with Gasteiger partial charge >= 0.3 is 6.03 Å². The van der Waals surface area contributed by atoms with Crippen molar-refractivity contribution in [1.29, 1.82) is 0 Å². The molecule has 0 aromatic heterocycles. The summed E-state index contributed by atoms with van der Waals surface area (Å²) in [5.41, 5.74) is 3.31. The van der Waals surface area contributed by atoms with Crippen LogP contribution in [-0.4, -0.2) is 42.0 Å². The number of rotatable bonds is 7. The minimum atomic E-state index is -0.254. The Bertz CT molecular complexity index is 539. The van der Waals surface area contributed by atoms with E-state index in [2.05, 4.69) is 10.8 Å². The number of hydrogen-bond donors (Lipinski definition) is 3. The van der Waals surface area contributed by atoms with Crippen LogP contribution in [0.5, 0.6) is 0 Å². The number of para-hydroxylation sites is 1. The highest BCUT2D eigenvalue weighted by Gasteiger charge is 2.27. The summed E-state index contributed by atoms with van der Waals surface area (Å²) in [6, 6.07) is 9.42. The van der Waals surface area contributed by atoms with Gasteiger partial charge in [-0.1, -0.05) is 37.5 Å². The van der Waals surface area contributed by atoms with Gasteiger partial charge in [0.2, 0.25) is 0 Å². The lowest BCUT2D eigenvalue weighted by Crippen LogP contribution is -2.51. The van der Waals surface area contributed by atoms with Gasteiger partial charge in [0, 0.05) is 17.3 Å². The van der Waals surface area contributed by atoms with Crippen LogP contribution in [0.1, 0.15) is 52.9 Å². The Morgan fingerprint density at radius 1 is 1.23 bits per heavy atom. The average Bonchev–Trinajstić information content (AvgIpc) is 2.62. The van der Waals surface area contributed by atoms with Gasteiger partial charge in [0.15, 0.2) is 0 Å². The van der Waals surface area contributed by atoms with E-state index in [0.29, 0.717) is 0 Å². The van der Waals surface area contributed by atoms with E-state index in [9.17, 15) is 9.90 Å². The Morgan fingerprint density at radius 3 is 2.46 bits per heavy atom. The molecule has 3 N–H and O–H groups in total. The predicted octanol–water partition coefficient (Wildman–Crippen LogP) is 3.22. The largest absolute Gasteiger partial charge is 0.395 e. The molecule has 1 unspecified atom stereocenters. The number of nitrogens with zero attached hydrogens (tertiary/aromatic N) is 1. The number of carbonyl (C=O) groups is 1. The van der Waals surface area contributed by atoms with E-state index in [1.54, 1.807) is 0 Å². The molecule has 1 aliphatic carbocycles. The summed E-state index contributed by atoms with van der Waals surface area (Å²) in [6.45, 7) is 6.21. The zero-order valence-electron chi connectivity index (χ0n) is 16.2. The molecule has 1 fully saturated rings. The number of nitrogens with one attached hydrogen (secondary N) is 2. The van der Waals surface area contributed by atoms with Gasteiger partial charge in [-0.3, -0.25) is 9.74 Å². The van der Waals surface area contributed by atoms with Crippen LogP contribution in [-0.2, 0) is 4.84 Å². The van der Waals surface area contributed by atoms with Gasteiger partial charge in [-0.15, -0.1) is 0 Å². The summed E-state index contributed by atoms with van der Waals surface area (Å²) >= 11 is 0. The van der Waals surface area contributed by atoms with E-state index < -0.39 is 0 Å². The number of hydrogen-bond acceptors (Lipinski definition) is 4. The van der Waals surface area contributed by atoms with Crippen LogP contribution < -0.4 is 15.7 Å². The molecule has 0 saturated heterocycles. The van der Waals surface area contributed by atoms with Gasteiger partial charge in [-0.2, -0.15) is 0 Å². The fourth-order valence-corrected chi connectivity index (χ4v) is 3.43. The molecule has 1 aliphatic rings. The molecular weight excluding hydrogens is 330 g/mol. The molecule has 0 aliphatic heterocycles. The summed E-state index contributed by atoms with van der Waals surface area (Å²) < 4.78 is 0. The lowest BCUT2D eigenvalue weighted by molar-refractivity contribution is 0.0298. The van der Waals surface area contributed by atoms with Crippen molar-refractivity contribution in [1.82, 2.24) is 10.8 Å². The molecular formula is C20H33N3O3. The molecule has 0 heterocycles. The van der Waals surface area contributed by atoms with Gasteiger partial charge in [0.05, 0.1) is 19.3 Å². The first-order valence-corrected chi connectivity index (χ1v) is 9.55. The maximum Gasteiger partial charge on any atom is 0.346 e. The fraction of sp³-hybridized carbons (Fsp3) is 0.650. The van der Waals surface area contributed by atoms with Crippen LogP contribution in [0.3, 0.4) is 0 Å². The van der Waals surface area contributed by atoms with Crippen molar-refractivity contribution in [2.75, 3.05) is 18.1 Å². The van der Waals surface area contributed by atoms with Crippen LogP contribution in [0.15, 0.2) is 30.3 Å². The Labute approximate surface area is 156 Å². The minimum Gasteiger partial charge on any atom is -0.395 e. The predicted molar refractivity (Wildman–Crippen MR) is 104 cm³/mol. The number of aliphatic hydroxyl groups excluding tert-OH is 1. The van der Waals surface area contributed by atoms with E-state index in [1.165, 1.54) is 6.42 Å². The summed E-state index contributed by atoms with van der Waals surface area (Å²) in [4.78, 5) is 20.0. The van der Waals surface area contributed by atoms with Crippen molar-refractivity contribution >= 4 is 11.7 Å². The minimum absolute atomic E-state index is 0.0574. The topological polar surface area (TPSA) is 73.8 Å². The number of carbonyl (C=O) groups excluding carboxylic acids is 1. The molecule has 1 atom stereocenters. The van der Waals surface area contributed by atoms with Gasteiger partial charge < -0.3 is 10.4 Å². The third kappa shape index (κ3) is 6.59. The van der Waals surface area contributed by atoms with Crippen LogP contribution in [0.25, 0.3) is 0 Å². The van der Waals surface area contributed by atoms with Gasteiger partial charge in [0.25, 0.3) is 0 Å². The molecule has 0 bridgehead atoms. The first kappa shape index (κ1) is 20.7. The second-order valence-corrected chi connectivity index (χ2v) is 7.99. The molecule has 2 amide bonds. The summed E-state index contributed by atoms with van der Waals surface area (Å²) in [5, 5.41) is 12.7. The molecule has 1 saturated carbocycles. The molecule has 0 spiro atoms. The van der Waals surface area contributed by atoms with Gasteiger partial charge in [-0.25, -0.2) is 10.3 Å². The molecule has 6 nitrogen and oxygen atoms in total. The van der Waals surface area contributed by atoms with Crippen molar-refractivity contribution in [2.24, 2.45) is 0 Å². The van der Waals surface area contributed by atoms with Crippen molar-refractivity contribution < 1.29 is 14.7 Å². The standard InChI is InChI=1S/C20H33N3O3/c1-20(2,3)21-16(14-24)15-26-22-19(25)23(17-10-6-4-7-11-17)18-12-8-5-9-13-18/h4,6-7,10-11,16,18,21,24H,5,8-9,12-15H2,1-3H3,(H,22,25). The molecule has 2 rings (SSSR count). The van der Waals surface area contributed by atoms with Crippen LogP contribution in [0, 0.1) is 0 Å². The lowest BCUT2D eigenvalue weighted by atomic mass is 9.94. The zero-order valence-corrected chi connectivity index (χ0v) is 16.2. The first-order valence-electron chi connectivity index (χ1n) is 9.55. The first-order chi connectivity index (χ1) is 12.4. The maximum absolute atomic E-state index is 12.8. The molecule has 1 aromatic rings. The Balaban J connectivity index is 1.96. The third-order valence-corrected chi connectivity index (χ3v) is 4.49. The molecule has 146 valence electrons. The van der Waals surface area contributed by atoms with Crippen molar-refractivity contribution in [3.63, 3.8) is 0 Å². The van der Waals surface area contributed by atoms with Gasteiger partial charge in [-0.05, 0) is 45.7 Å². The number of urea groups is 1. The van der Waals surface area contributed by atoms with Gasteiger partial charge in [0.1, 0.15) is 0 Å². The monoisotopic (exact) mass is 363 g/mol. The van der Waals surface area contributed by atoms with Crippen molar-refractivity contribution in [3.8, 4) is 0 Å². The van der Waals surface area contributed by atoms with Crippen LogP contribution >= 0.6 is 0 Å². The summed E-state index contributed by atoms with van der Waals surface area (Å²) in [6.07, 6.45) is 5.53. The normalized spacial score (nSPS) is 16.9. The number of amides is 2. The maximum atomic E-state index is 12.8. The van der Waals surface area contributed by atoms with Crippen molar-refractivity contribution in [3.05, 3.63) is 30.3 Å².